The van der Waals surface area contributed by atoms with Crippen molar-refractivity contribution in [1.82, 2.24) is 10.2 Å². The van der Waals surface area contributed by atoms with Gasteiger partial charge in [0.05, 0.1) is 24.4 Å². The molecule has 24 heavy (non-hydrogen) atoms. The predicted octanol–water partition coefficient (Wildman–Crippen LogP) is 2.78. The quantitative estimate of drug-likeness (QED) is 0.687. The van der Waals surface area contributed by atoms with E-state index in [0.717, 1.165) is 10.9 Å². The van der Waals surface area contributed by atoms with Gasteiger partial charge >= 0.3 is 0 Å². The monoisotopic (exact) mass is 324 g/mol. The van der Waals surface area contributed by atoms with Crippen LogP contribution in [0.1, 0.15) is 17.3 Å². The minimum atomic E-state index is -0.335. The summed E-state index contributed by atoms with van der Waals surface area (Å²) in [6.07, 6.45) is 1.71. The summed E-state index contributed by atoms with van der Waals surface area (Å²) in [4.78, 5) is 23.8. The van der Waals surface area contributed by atoms with Crippen molar-refractivity contribution in [2.24, 2.45) is 0 Å². The van der Waals surface area contributed by atoms with Crippen LogP contribution in [-0.4, -0.2) is 29.1 Å². The van der Waals surface area contributed by atoms with Crippen molar-refractivity contribution in [3.8, 4) is 5.75 Å². The SMILES string of the molecule is COc1ccc(NC(C)=O)cc1C(=O)Nc1ccc2cn[nH]c2c1. The Kier molecular flexibility index (Phi) is 4.15. The third-order valence-corrected chi connectivity index (χ3v) is 3.46. The lowest BCUT2D eigenvalue weighted by Gasteiger charge is -2.11. The van der Waals surface area contributed by atoms with Gasteiger partial charge in [-0.3, -0.25) is 14.7 Å². The molecule has 0 aliphatic heterocycles. The highest BCUT2D eigenvalue weighted by Gasteiger charge is 2.14. The number of aromatic nitrogens is 2. The molecule has 0 aliphatic carbocycles. The Bertz CT molecular complexity index is 917. The van der Waals surface area contributed by atoms with Crippen molar-refractivity contribution in [2.45, 2.75) is 6.92 Å². The Labute approximate surface area is 138 Å². The fourth-order valence-electron chi connectivity index (χ4n) is 2.38. The number of anilines is 2. The Morgan fingerprint density at radius 2 is 1.83 bits per heavy atom. The summed E-state index contributed by atoms with van der Waals surface area (Å²) in [5.41, 5.74) is 2.31. The molecule has 0 spiro atoms. The van der Waals surface area contributed by atoms with E-state index in [4.69, 9.17) is 4.74 Å². The number of carbonyl (C=O) groups is 2. The number of benzene rings is 2. The van der Waals surface area contributed by atoms with E-state index in [1.165, 1.54) is 14.0 Å². The maximum absolute atomic E-state index is 12.6. The fraction of sp³-hybridized carbons (Fsp3) is 0.118. The molecule has 2 aromatic carbocycles. The highest BCUT2D eigenvalue weighted by atomic mass is 16.5. The van der Waals surface area contributed by atoms with Gasteiger partial charge in [0, 0.05) is 23.7 Å². The number of nitrogens with zero attached hydrogens (tertiary/aromatic N) is 1. The highest BCUT2D eigenvalue weighted by molar-refractivity contribution is 6.07. The molecule has 0 atom stereocenters. The first kappa shape index (κ1) is 15.5. The molecule has 3 N–H and O–H groups in total. The number of amides is 2. The predicted molar refractivity (Wildman–Crippen MR) is 91.3 cm³/mol. The van der Waals surface area contributed by atoms with Gasteiger partial charge < -0.3 is 15.4 Å². The topological polar surface area (TPSA) is 96.1 Å². The van der Waals surface area contributed by atoms with Gasteiger partial charge in [0.1, 0.15) is 5.75 Å². The number of fused-ring (bicyclic) bond motifs is 1. The molecule has 0 fully saturated rings. The second kappa shape index (κ2) is 6.41. The molecule has 1 heterocycles. The molecule has 0 saturated carbocycles. The first-order valence-corrected chi connectivity index (χ1v) is 7.27. The van der Waals surface area contributed by atoms with Crippen LogP contribution in [0.5, 0.6) is 5.75 Å². The van der Waals surface area contributed by atoms with Gasteiger partial charge in [0.25, 0.3) is 5.91 Å². The van der Waals surface area contributed by atoms with E-state index in [2.05, 4.69) is 20.8 Å². The summed E-state index contributed by atoms with van der Waals surface area (Å²) in [6, 6.07) is 10.3. The van der Waals surface area contributed by atoms with Gasteiger partial charge in [-0.25, -0.2) is 0 Å². The van der Waals surface area contributed by atoms with Crippen molar-refractivity contribution < 1.29 is 14.3 Å². The van der Waals surface area contributed by atoms with E-state index in [-0.39, 0.29) is 11.8 Å². The van der Waals surface area contributed by atoms with E-state index >= 15 is 0 Å². The summed E-state index contributed by atoms with van der Waals surface area (Å²) < 4.78 is 5.23. The number of methoxy groups -OCH3 is 1. The van der Waals surface area contributed by atoms with Gasteiger partial charge in [-0.1, -0.05) is 0 Å². The zero-order valence-electron chi connectivity index (χ0n) is 13.2. The van der Waals surface area contributed by atoms with Crippen LogP contribution in [0.25, 0.3) is 10.9 Å². The van der Waals surface area contributed by atoms with E-state index in [1.807, 2.05) is 6.07 Å². The number of hydrogen-bond donors (Lipinski definition) is 3. The number of ether oxygens (including phenoxy) is 1. The zero-order chi connectivity index (χ0) is 17.1. The van der Waals surface area contributed by atoms with Crippen LogP contribution in [-0.2, 0) is 4.79 Å². The molecule has 122 valence electrons. The van der Waals surface area contributed by atoms with Crippen LogP contribution < -0.4 is 15.4 Å². The number of carbonyl (C=O) groups excluding carboxylic acids is 2. The van der Waals surface area contributed by atoms with Crippen molar-refractivity contribution in [1.29, 1.82) is 0 Å². The lowest BCUT2D eigenvalue weighted by Crippen LogP contribution is -2.14. The van der Waals surface area contributed by atoms with Crippen LogP contribution in [0.3, 0.4) is 0 Å². The molecule has 0 unspecified atom stereocenters. The van der Waals surface area contributed by atoms with Gasteiger partial charge in [-0.05, 0) is 36.4 Å². The fourth-order valence-corrected chi connectivity index (χ4v) is 2.38. The number of nitrogens with one attached hydrogen (secondary N) is 3. The number of rotatable bonds is 4. The highest BCUT2D eigenvalue weighted by Crippen LogP contribution is 2.24. The first-order chi connectivity index (χ1) is 11.6. The van der Waals surface area contributed by atoms with E-state index in [9.17, 15) is 9.59 Å². The summed E-state index contributed by atoms with van der Waals surface area (Å²) >= 11 is 0. The molecule has 2 amide bonds. The van der Waals surface area contributed by atoms with Crippen LogP contribution in [0.2, 0.25) is 0 Å². The average molecular weight is 324 g/mol. The average Bonchev–Trinajstić information content (AvgIpc) is 3.02. The van der Waals surface area contributed by atoms with E-state index in [1.54, 1.807) is 36.5 Å². The third-order valence-electron chi connectivity index (χ3n) is 3.46. The second-order valence-corrected chi connectivity index (χ2v) is 5.22. The van der Waals surface area contributed by atoms with Gasteiger partial charge in [-0.2, -0.15) is 5.10 Å². The molecule has 1 aromatic heterocycles. The molecular weight excluding hydrogens is 308 g/mol. The smallest absolute Gasteiger partial charge is 0.259 e. The normalized spacial score (nSPS) is 10.4. The van der Waals surface area contributed by atoms with Crippen LogP contribution in [0.15, 0.2) is 42.6 Å². The molecule has 0 radical (unpaired) electrons. The summed E-state index contributed by atoms with van der Waals surface area (Å²) in [6.45, 7) is 1.41. The standard InChI is InChI=1S/C17H16N4O3/c1-10(22)19-12-5-6-16(24-2)14(7-12)17(23)20-13-4-3-11-9-18-21-15(11)8-13/h3-9H,1-2H3,(H,18,21)(H,19,22)(H,20,23). The third kappa shape index (κ3) is 3.19. The molecule has 0 aliphatic rings. The second-order valence-electron chi connectivity index (χ2n) is 5.22. The molecule has 7 nitrogen and oxygen atoms in total. The zero-order valence-corrected chi connectivity index (χ0v) is 13.2. The summed E-state index contributed by atoms with van der Waals surface area (Å²) in [5, 5.41) is 13.2. The van der Waals surface area contributed by atoms with E-state index < -0.39 is 0 Å². The molecule has 3 rings (SSSR count). The lowest BCUT2D eigenvalue weighted by molar-refractivity contribution is -0.114. The Balaban J connectivity index is 1.88. The Morgan fingerprint density at radius 1 is 1.08 bits per heavy atom. The summed E-state index contributed by atoms with van der Waals surface area (Å²) in [7, 11) is 1.49. The maximum Gasteiger partial charge on any atom is 0.259 e. The van der Waals surface area contributed by atoms with Crippen molar-refractivity contribution in [3.05, 3.63) is 48.2 Å². The van der Waals surface area contributed by atoms with Crippen LogP contribution >= 0.6 is 0 Å². The largest absolute Gasteiger partial charge is 0.496 e. The maximum atomic E-state index is 12.6. The van der Waals surface area contributed by atoms with Crippen molar-refractivity contribution in [2.75, 3.05) is 17.7 Å². The first-order valence-electron chi connectivity index (χ1n) is 7.27. The molecule has 0 saturated heterocycles. The summed E-state index contributed by atoms with van der Waals surface area (Å²) in [5.74, 6) is -0.127. The molecular formula is C17H16N4O3. The van der Waals surface area contributed by atoms with Crippen LogP contribution in [0.4, 0.5) is 11.4 Å². The lowest BCUT2D eigenvalue weighted by atomic mass is 10.1. The Morgan fingerprint density at radius 3 is 2.58 bits per heavy atom. The van der Waals surface area contributed by atoms with Gasteiger partial charge in [0.2, 0.25) is 5.91 Å². The van der Waals surface area contributed by atoms with Crippen LogP contribution in [0, 0.1) is 0 Å². The minimum absolute atomic E-state index is 0.212. The Hall–Kier alpha value is -3.35. The number of H-pyrrole nitrogens is 1. The molecule has 0 bridgehead atoms. The minimum Gasteiger partial charge on any atom is -0.496 e. The van der Waals surface area contributed by atoms with Gasteiger partial charge in [0.15, 0.2) is 0 Å². The van der Waals surface area contributed by atoms with Gasteiger partial charge in [-0.15, -0.1) is 0 Å². The molecule has 3 aromatic rings. The van der Waals surface area contributed by atoms with E-state index in [0.29, 0.717) is 22.7 Å². The molecule has 7 heteroatoms. The number of hydrogen-bond acceptors (Lipinski definition) is 4. The van der Waals surface area contributed by atoms with Crippen molar-refractivity contribution >= 4 is 34.1 Å². The van der Waals surface area contributed by atoms with Crippen molar-refractivity contribution in [3.63, 3.8) is 0 Å². The number of aromatic amines is 1.